The lowest BCUT2D eigenvalue weighted by Gasteiger charge is -2.18. The highest BCUT2D eigenvalue weighted by molar-refractivity contribution is 5.52. The molecule has 0 amide bonds. The maximum absolute atomic E-state index is 9.40. The van der Waals surface area contributed by atoms with E-state index in [4.69, 9.17) is 5.73 Å². The van der Waals surface area contributed by atoms with Gasteiger partial charge < -0.3 is 10.3 Å². The van der Waals surface area contributed by atoms with Gasteiger partial charge in [-0.2, -0.15) is 5.26 Å². The molecule has 0 radical (unpaired) electrons. The van der Waals surface area contributed by atoms with Crippen LogP contribution >= 0.6 is 0 Å². The molecule has 3 rings (SSSR count). The second-order valence-corrected chi connectivity index (χ2v) is 6.02. The van der Waals surface area contributed by atoms with Crippen LogP contribution < -0.4 is 5.73 Å². The third-order valence-electron chi connectivity index (χ3n) is 4.43. The number of hydrogen-bond acceptors (Lipinski definition) is 2. The van der Waals surface area contributed by atoms with Crippen LogP contribution in [0.15, 0.2) is 30.3 Å². The van der Waals surface area contributed by atoms with Crippen LogP contribution in [0.1, 0.15) is 54.2 Å². The van der Waals surface area contributed by atoms with Gasteiger partial charge in [0.15, 0.2) is 0 Å². The SMILES string of the molecule is Cc1cccc(Cc2c(N)cc(C#N)n2C2CCCC2)c1. The Kier molecular flexibility index (Phi) is 3.70. The smallest absolute Gasteiger partial charge is 0.122 e. The van der Waals surface area contributed by atoms with Gasteiger partial charge in [0.05, 0.1) is 5.69 Å². The minimum Gasteiger partial charge on any atom is -0.397 e. The van der Waals surface area contributed by atoms with E-state index >= 15 is 0 Å². The number of nitrogen functional groups attached to an aromatic ring is 1. The number of benzene rings is 1. The number of nitrogens with two attached hydrogens (primary N) is 1. The van der Waals surface area contributed by atoms with Crippen molar-refractivity contribution < 1.29 is 0 Å². The zero-order valence-corrected chi connectivity index (χ0v) is 12.5. The first kappa shape index (κ1) is 13.8. The fourth-order valence-corrected chi connectivity index (χ4v) is 3.45. The van der Waals surface area contributed by atoms with E-state index in [9.17, 15) is 5.26 Å². The highest BCUT2D eigenvalue weighted by Crippen LogP contribution is 2.35. The Labute approximate surface area is 126 Å². The van der Waals surface area contributed by atoms with Crippen LogP contribution in [0.5, 0.6) is 0 Å². The van der Waals surface area contributed by atoms with Crippen molar-refractivity contribution in [1.82, 2.24) is 4.57 Å². The van der Waals surface area contributed by atoms with E-state index in [1.54, 1.807) is 0 Å². The van der Waals surface area contributed by atoms with Crippen molar-refractivity contribution in [2.45, 2.75) is 45.1 Å². The maximum Gasteiger partial charge on any atom is 0.122 e. The van der Waals surface area contributed by atoms with E-state index in [0.29, 0.717) is 11.7 Å². The fraction of sp³-hybridized carbons (Fsp3) is 0.389. The summed E-state index contributed by atoms with van der Waals surface area (Å²) in [6.45, 7) is 2.10. The summed E-state index contributed by atoms with van der Waals surface area (Å²) in [5.41, 5.74) is 11.3. The van der Waals surface area contributed by atoms with Gasteiger partial charge >= 0.3 is 0 Å². The third-order valence-corrected chi connectivity index (χ3v) is 4.43. The molecule has 1 aromatic carbocycles. The molecule has 0 saturated heterocycles. The van der Waals surface area contributed by atoms with Crippen molar-refractivity contribution in [3.8, 4) is 6.07 Å². The summed E-state index contributed by atoms with van der Waals surface area (Å²) in [6.07, 6.45) is 5.61. The summed E-state index contributed by atoms with van der Waals surface area (Å²) in [7, 11) is 0. The molecular formula is C18H21N3. The zero-order valence-electron chi connectivity index (χ0n) is 12.5. The van der Waals surface area contributed by atoms with Gasteiger partial charge in [0.2, 0.25) is 0 Å². The summed E-state index contributed by atoms with van der Waals surface area (Å²) >= 11 is 0. The maximum atomic E-state index is 9.40. The molecule has 0 aliphatic heterocycles. The molecule has 3 heteroatoms. The molecule has 0 bridgehead atoms. The molecule has 3 nitrogen and oxygen atoms in total. The topological polar surface area (TPSA) is 54.7 Å². The fourth-order valence-electron chi connectivity index (χ4n) is 3.45. The van der Waals surface area contributed by atoms with Crippen molar-refractivity contribution in [2.24, 2.45) is 0 Å². The lowest BCUT2D eigenvalue weighted by atomic mass is 10.1. The normalized spacial score (nSPS) is 15.2. The van der Waals surface area contributed by atoms with Crippen LogP contribution in [-0.4, -0.2) is 4.57 Å². The number of rotatable bonds is 3. The van der Waals surface area contributed by atoms with E-state index < -0.39 is 0 Å². The Balaban J connectivity index is 2.01. The van der Waals surface area contributed by atoms with Gasteiger partial charge in [0.1, 0.15) is 11.8 Å². The molecule has 0 unspecified atom stereocenters. The van der Waals surface area contributed by atoms with Gasteiger partial charge in [-0.05, 0) is 31.4 Å². The summed E-state index contributed by atoms with van der Waals surface area (Å²) in [5.74, 6) is 0. The average Bonchev–Trinajstić information content (AvgIpc) is 3.08. The van der Waals surface area contributed by atoms with Gasteiger partial charge in [0, 0.05) is 18.2 Å². The highest BCUT2D eigenvalue weighted by atomic mass is 15.0. The molecule has 2 N–H and O–H groups in total. The molecule has 2 aromatic rings. The van der Waals surface area contributed by atoms with Crippen LogP contribution in [0.2, 0.25) is 0 Å². The lowest BCUT2D eigenvalue weighted by molar-refractivity contribution is 0.502. The Hall–Kier alpha value is -2.21. The van der Waals surface area contributed by atoms with E-state index in [1.807, 2.05) is 6.07 Å². The first-order valence-electron chi connectivity index (χ1n) is 7.64. The first-order valence-corrected chi connectivity index (χ1v) is 7.64. The third kappa shape index (κ3) is 2.67. The predicted octanol–water partition coefficient (Wildman–Crippen LogP) is 3.96. The van der Waals surface area contributed by atoms with E-state index in [-0.39, 0.29) is 0 Å². The van der Waals surface area contributed by atoms with Crippen molar-refractivity contribution in [2.75, 3.05) is 5.73 Å². The molecule has 108 valence electrons. The highest BCUT2D eigenvalue weighted by Gasteiger charge is 2.23. The number of anilines is 1. The molecular weight excluding hydrogens is 258 g/mol. The number of nitrogens with zero attached hydrogens (tertiary/aromatic N) is 2. The minimum atomic E-state index is 0.441. The molecule has 0 atom stereocenters. The van der Waals surface area contributed by atoms with Crippen molar-refractivity contribution in [1.29, 1.82) is 5.26 Å². The molecule has 0 spiro atoms. The second kappa shape index (κ2) is 5.65. The minimum absolute atomic E-state index is 0.441. The van der Waals surface area contributed by atoms with Crippen LogP contribution in [0, 0.1) is 18.3 Å². The van der Waals surface area contributed by atoms with Gasteiger partial charge in [-0.25, -0.2) is 0 Å². The van der Waals surface area contributed by atoms with E-state index in [1.165, 1.54) is 24.0 Å². The van der Waals surface area contributed by atoms with Gasteiger partial charge in [0.25, 0.3) is 0 Å². The average molecular weight is 279 g/mol. The van der Waals surface area contributed by atoms with Crippen molar-refractivity contribution in [3.63, 3.8) is 0 Å². The Morgan fingerprint density at radius 3 is 2.71 bits per heavy atom. The summed E-state index contributed by atoms with van der Waals surface area (Å²) in [5, 5.41) is 9.40. The zero-order chi connectivity index (χ0) is 14.8. The van der Waals surface area contributed by atoms with E-state index in [2.05, 4.69) is 41.8 Å². The van der Waals surface area contributed by atoms with Gasteiger partial charge in [-0.1, -0.05) is 42.7 Å². The van der Waals surface area contributed by atoms with Gasteiger partial charge in [-0.15, -0.1) is 0 Å². The Bertz CT molecular complexity index is 685. The Morgan fingerprint density at radius 2 is 2.05 bits per heavy atom. The van der Waals surface area contributed by atoms with Crippen LogP contribution in [0.25, 0.3) is 0 Å². The van der Waals surface area contributed by atoms with Crippen molar-refractivity contribution in [3.05, 3.63) is 52.8 Å². The lowest BCUT2D eigenvalue weighted by Crippen LogP contribution is -2.12. The summed E-state index contributed by atoms with van der Waals surface area (Å²) in [4.78, 5) is 0. The number of aryl methyl sites for hydroxylation is 1. The largest absolute Gasteiger partial charge is 0.397 e. The Morgan fingerprint density at radius 1 is 1.29 bits per heavy atom. The predicted molar refractivity (Wildman–Crippen MR) is 85.0 cm³/mol. The molecule has 1 heterocycles. The van der Waals surface area contributed by atoms with E-state index in [0.717, 1.165) is 30.6 Å². The molecule has 1 aliphatic rings. The number of nitriles is 1. The van der Waals surface area contributed by atoms with Crippen LogP contribution in [-0.2, 0) is 6.42 Å². The molecule has 1 aliphatic carbocycles. The first-order chi connectivity index (χ1) is 10.2. The molecule has 1 saturated carbocycles. The molecule has 1 fully saturated rings. The number of aromatic nitrogens is 1. The monoisotopic (exact) mass is 279 g/mol. The summed E-state index contributed by atoms with van der Waals surface area (Å²) < 4.78 is 2.20. The molecule has 21 heavy (non-hydrogen) atoms. The molecule has 1 aromatic heterocycles. The van der Waals surface area contributed by atoms with Crippen LogP contribution in [0.4, 0.5) is 5.69 Å². The second-order valence-electron chi connectivity index (χ2n) is 6.02. The number of hydrogen-bond donors (Lipinski definition) is 1. The summed E-state index contributed by atoms with van der Waals surface area (Å²) in [6, 6.07) is 13.1. The van der Waals surface area contributed by atoms with Gasteiger partial charge in [-0.3, -0.25) is 0 Å². The quantitative estimate of drug-likeness (QED) is 0.924. The standard InChI is InChI=1S/C18H21N3/c1-13-5-4-6-14(9-13)10-18-17(20)11-16(12-19)21(18)15-7-2-3-8-15/h4-6,9,11,15H,2-3,7-8,10,20H2,1H3. The van der Waals surface area contributed by atoms with Crippen molar-refractivity contribution >= 4 is 5.69 Å². The van der Waals surface area contributed by atoms with Crippen LogP contribution in [0.3, 0.4) is 0 Å².